The Morgan fingerprint density at radius 1 is 1.25 bits per heavy atom. The van der Waals surface area contributed by atoms with E-state index >= 15 is 0 Å². The van der Waals surface area contributed by atoms with Crippen molar-refractivity contribution >= 4 is 23.2 Å². The molecule has 1 aromatic heterocycles. The summed E-state index contributed by atoms with van der Waals surface area (Å²) < 4.78 is 10.4. The number of nitrogens with one attached hydrogen (secondary N) is 2. The number of carbonyl (C=O) groups excluding carboxylic acids is 1. The summed E-state index contributed by atoms with van der Waals surface area (Å²) in [6, 6.07) is 7.10. The molecule has 0 saturated carbocycles. The number of hydrogen-bond donors (Lipinski definition) is 2. The molecule has 0 aliphatic carbocycles. The smallest absolute Gasteiger partial charge is 0.225 e. The van der Waals surface area contributed by atoms with Crippen molar-refractivity contribution in [3.63, 3.8) is 0 Å². The molecule has 2 aromatic rings. The fraction of sp³-hybridized carbons (Fsp3) is 0.294. The minimum Gasteiger partial charge on any atom is -0.495 e. The van der Waals surface area contributed by atoms with Crippen LogP contribution in [-0.4, -0.2) is 31.7 Å². The monoisotopic (exact) mass is 349 g/mol. The number of hydrogen-bond acceptors (Lipinski definition) is 5. The molecule has 0 unspecified atom stereocenters. The van der Waals surface area contributed by atoms with Crippen molar-refractivity contribution in [2.75, 3.05) is 26.1 Å². The first kappa shape index (κ1) is 18.0. The Balaban J connectivity index is 1.85. The lowest BCUT2D eigenvalue weighted by molar-refractivity contribution is -0.116. The Hall–Kier alpha value is -2.31. The van der Waals surface area contributed by atoms with Gasteiger partial charge in [-0.05, 0) is 11.6 Å². The molecule has 1 heterocycles. The van der Waals surface area contributed by atoms with Crippen LogP contribution in [0.15, 0.2) is 36.7 Å². The third-order valence-electron chi connectivity index (χ3n) is 3.33. The third-order valence-corrected chi connectivity index (χ3v) is 3.62. The van der Waals surface area contributed by atoms with Gasteiger partial charge in [-0.2, -0.15) is 0 Å². The molecule has 0 bridgehead atoms. The maximum absolute atomic E-state index is 12.1. The number of ether oxygens (including phenoxy) is 2. The first-order valence-corrected chi connectivity index (χ1v) is 7.83. The van der Waals surface area contributed by atoms with Crippen LogP contribution in [0.25, 0.3) is 0 Å². The van der Waals surface area contributed by atoms with E-state index in [4.69, 9.17) is 21.1 Å². The van der Waals surface area contributed by atoms with Crippen LogP contribution in [0.5, 0.6) is 11.5 Å². The van der Waals surface area contributed by atoms with Gasteiger partial charge in [0.05, 0.1) is 24.9 Å². The first-order valence-electron chi connectivity index (χ1n) is 7.45. The standard InChI is InChI=1S/C17H20ClN3O3/c1-23-15-9-14(16(24-2)8-13(15)18)21-17(22)5-7-20-11-12-4-3-6-19-10-12/h3-4,6,8-10,20H,5,7,11H2,1-2H3,(H,21,22). The van der Waals surface area contributed by atoms with E-state index in [9.17, 15) is 4.79 Å². The normalized spacial score (nSPS) is 10.3. The minimum absolute atomic E-state index is 0.128. The highest BCUT2D eigenvalue weighted by Crippen LogP contribution is 2.35. The van der Waals surface area contributed by atoms with Crippen LogP contribution in [0.2, 0.25) is 5.02 Å². The lowest BCUT2D eigenvalue weighted by Gasteiger charge is -2.13. The van der Waals surface area contributed by atoms with Crippen molar-refractivity contribution in [2.24, 2.45) is 0 Å². The molecule has 2 N–H and O–H groups in total. The second kappa shape index (κ2) is 9.10. The summed E-state index contributed by atoms with van der Waals surface area (Å²) in [6.07, 6.45) is 3.84. The van der Waals surface area contributed by atoms with E-state index in [-0.39, 0.29) is 5.91 Å². The van der Waals surface area contributed by atoms with Crippen LogP contribution in [-0.2, 0) is 11.3 Å². The van der Waals surface area contributed by atoms with Gasteiger partial charge in [-0.1, -0.05) is 17.7 Å². The summed E-state index contributed by atoms with van der Waals surface area (Å²) in [5.74, 6) is 0.830. The highest BCUT2D eigenvalue weighted by molar-refractivity contribution is 6.32. The molecule has 6 nitrogen and oxygen atoms in total. The number of pyridine rings is 1. The number of amides is 1. The first-order chi connectivity index (χ1) is 11.6. The summed E-state index contributed by atoms with van der Waals surface area (Å²) in [5.41, 5.74) is 1.60. The van der Waals surface area contributed by atoms with Crippen molar-refractivity contribution in [1.82, 2.24) is 10.3 Å². The van der Waals surface area contributed by atoms with E-state index in [2.05, 4.69) is 15.6 Å². The molecule has 0 atom stereocenters. The van der Waals surface area contributed by atoms with E-state index in [1.165, 1.54) is 14.2 Å². The molecule has 1 aromatic carbocycles. The van der Waals surface area contributed by atoms with E-state index in [0.29, 0.717) is 41.7 Å². The Labute approximate surface area is 146 Å². The third kappa shape index (κ3) is 5.11. The van der Waals surface area contributed by atoms with Crippen LogP contribution in [0.4, 0.5) is 5.69 Å². The summed E-state index contributed by atoms with van der Waals surface area (Å²) in [4.78, 5) is 16.1. The van der Waals surface area contributed by atoms with Crippen molar-refractivity contribution < 1.29 is 14.3 Å². The molecular formula is C17H20ClN3O3. The van der Waals surface area contributed by atoms with Gasteiger partial charge in [0.25, 0.3) is 0 Å². The molecule has 0 saturated heterocycles. The molecule has 2 rings (SSSR count). The number of benzene rings is 1. The number of methoxy groups -OCH3 is 2. The molecular weight excluding hydrogens is 330 g/mol. The maximum Gasteiger partial charge on any atom is 0.225 e. The van der Waals surface area contributed by atoms with Gasteiger partial charge in [-0.25, -0.2) is 0 Å². The summed E-state index contributed by atoms with van der Waals surface area (Å²) in [7, 11) is 3.03. The lowest BCUT2D eigenvalue weighted by atomic mass is 10.2. The molecule has 7 heteroatoms. The summed E-state index contributed by atoms with van der Waals surface area (Å²) in [5, 5.41) is 6.43. The zero-order valence-electron chi connectivity index (χ0n) is 13.6. The van der Waals surface area contributed by atoms with Gasteiger partial charge in [0.2, 0.25) is 5.91 Å². The average molecular weight is 350 g/mol. The van der Waals surface area contributed by atoms with Gasteiger partial charge >= 0.3 is 0 Å². The van der Waals surface area contributed by atoms with Gasteiger partial charge in [-0.3, -0.25) is 9.78 Å². The Morgan fingerprint density at radius 2 is 2.04 bits per heavy atom. The Kier molecular flexibility index (Phi) is 6.84. The predicted molar refractivity (Wildman–Crippen MR) is 93.7 cm³/mol. The van der Waals surface area contributed by atoms with E-state index in [0.717, 1.165) is 5.56 Å². The van der Waals surface area contributed by atoms with Gasteiger partial charge in [0, 0.05) is 44.0 Å². The molecule has 0 spiro atoms. The molecule has 24 heavy (non-hydrogen) atoms. The number of aromatic nitrogens is 1. The van der Waals surface area contributed by atoms with Gasteiger partial charge in [0.1, 0.15) is 11.5 Å². The average Bonchev–Trinajstić information content (AvgIpc) is 2.60. The van der Waals surface area contributed by atoms with Crippen molar-refractivity contribution in [3.8, 4) is 11.5 Å². The lowest BCUT2D eigenvalue weighted by Crippen LogP contribution is -2.21. The fourth-order valence-corrected chi connectivity index (χ4v) is 2.34. The number of halogens is 1. The van der Waals surface area contributed by atoms with Crippen LogP contribution in [0.1, 0.15) is 12.0 Å². The van der Waals surface area contributed by atoms with Gasteiger partial charge < -0.3 is 20.1 Å². The highest BCUT2D eigenvalue weighted by atomic mass is 35.5. The predicted octanol–water partition coefficient (Wildman–Crippen LogP) is 2.87. The highest BCUT2D eigenvalue weighted by Gasteiger charge is 2.12. The van der Waals surface area contributed by atoms with Gasteiger partial charge in [0.15, 0.2) is 0 Å². The summed E-state index contributed by atoms with van der Waals surface area (Å²) >= 11 is 6.04. The maximum atomic E-state index is 12.1. The Morgan fingerprint density at radius 3 is 2.71 bits per heavy atom. The topological polar surface area (TPSA) is 72.5 Å². The molecule has 0 fully saturated rings. The number of nitrogens with zero attached hydrogens (tertiary/aromatic N) is 1. The largest absolute Gasteiger partial charge is 0.495 e. The number of rotatable bonds is 8. The van der Waals surface area contributed by atoms with Crippen molar-refractivity contribution in [2.45, 2.75) is 13.0 Å². The van der Waals surface area contributed by atoms with E-state index in [1.54, 1.807) is 24.5 Å². The molecule has 0 aliphatic heterocycles. The minimum atomic E-state index is -0.128. The second-order valence-corrected chi connectivity index (χ2v) is 5.43. The van der Waals surface area contributed by atoms with Crippen LogP contribution in [0.3, 0.4) is 0 Å². The van der Waals surface area contributed by atoms with Crippen molar-refractivity contribution in [1.29, 1.82) is 0 Å². The quantitative estimate of drug-likeness (QED) is 0.717. The molecule has 1 amide bonds. The Bertz CT molecular complexity index is 680. The fourth-order valence-electron chi connectivity index (χ4n) is 2.11. The SMILES string of the molecule is COc1cc(NC(=O)CCNCc2cccnc2)c(OC)cc1Cl. The van der Waals surface area contributed by atoms with Gasteiger partial charge in [-0.15, -0.1) is 0 Å². The van der Waals surface area contributed by atoms with Crippen LogP contribution in [0, 0.1) is 0 Å². The van der Waals surface area contributed by atoms with E-state index in [1.807, 2.05) is 12.1 Å². The molecule has 128 valence electrons. The van der Waals surface area contributed by atoms with Crippen LogP contribution >= 0.6 is 11.6 Å². The van der Waals surface area contributed by atoms with Crippen LogP contribution < -0.4 is 20.1 Å². The number of carbonyl (C=O) groups is 1. The second-order valence-electron chi connectivity index (χ2n) is 5.02. The number of anilines is 1. The zero-order chi connectivity index (χ0) is 17.4. The summed E-state index contributed by atoms with van der Waals surface area (Å²) in [6.45, 7) is 1.22. The van der Waals surface area contributed by atoms with E-state index < -0.39 is 0 Å². The van der Waals surface area contributed by atoms with Crippen molar-refractivity contribution in [3.05, 3.63) is 47.2 Å². The zero-order valence-corrected chi connectivity index (χ0v) is 14.4. The molecule has 0 aliphatic rings. The molecule has 0 radical (unpaired) electrons.